The molecule has 0 heterocycles. The topological polar surface area (TPSA) is 12.5 Å². The predicted octanol–water partition coefficient (Wildman–Crippen LogP) is 2.59. The van der Waals surface area contributed by atoms with E-state index in [2.05, 4.69) is 38.9 Å². The van der Waals surface area contributed by atoms with Gasteiger partial charge in [0, 0.05) is 0 Å². The summed E-state index contributed by atoms with van der Waals surface area (Å²) in [6, 6.07) is 0. The molecule has 0 saturated heterocycles. The van der Waals surface area contributed by atoms with Crippen molar-refractivity contribution < 1.29 is 4.52 Å². The van der Waals surface area contributed by atoms with Gasteiger partial charge in [-0.2, -0.15) is 0 Å². The Morgan fingerprint density at radius 2 is 1.83 bits per heavy atom. The number of hydrogen-bond donors (Lipinski definition) is 0. The van der Waals surface area contributed by atoms with Gasteiger partial charge in [-0.15, -0.1) is 0 Å². The third kappa shape index (κ3) is 4.39. The van der Waals surface area contributed by atoms with E-state index in [1.807, 2.05) is 0 Å². The second kappa shape index (κ2) is 5.90. The molecular formula is C9H24NOP. The van der Waals surface area contributed by atoms with Crippen molar-refractivity contribution in [2.24, 2.45) is 0 Å². The van der Waals surface area contributed by atoms with E-state index in [-0.39, 0.29) is 0 Å². The van der Waals surface area contributed by atoms with E-state index in [9.17, 15) is 0 Å². The Bertz CT molecular complexity index is 117. The molecule has 0 atom stereocenters. The third-order valence-corrected chi connectivity index (χ3v) is 5.41. The van der Waals surface area contributed by atoms with Crippen LogP contribution in [0.25, 0.3) is 0 Å². The molecule has 0 aliphatic carbocycles. The van der Waals surface area contributed by atoms with Gasteiger partial charge in [-0.1, -0.05) is 0 Å². The minimum absolute atomic E-state index is 0.931. The molecule has 12 heavy (non-hydrogen) atoms. The van der Waals surface area contributed by atoms with Crippen LogP contribution in [0.5, 0.6) is 0 Å². The molecule has 0 aliphatic rings. The van der Waals surface area contributed by atoms with Gasteiger partial charge in [0.2, 0.25) is 0 Å². The van der Waals surface area contributed by atoms with Gasteiger partial charge >= 0.3 is 77.1 Å². The van der Waals surface area contributed by atoms with Crippen LogP contribution in [0.4, 0.5) is 0 Å². The van der Waals surface area contributed by atoms with Crippen LogP contribution in [-0.4, -0.2) is 38.2 Å². The molecule has 0 fully saturated rings. The van der Waals surface area contributed by atoms with Crippen molar-refractivity contribution in [1.29, 1.82) is 0 Å². The number of rotatable bonds is 6. The second-order valence-electron chi connectivity index (χ2n) is 3.66. The van der Waals surface area contributed by atoms with Crippen LogP contribution in [0.1, 0.15) is 26.7 Å². The summed E-state index contributed by atoms with van der Waals surface area (Å²) in [5, 5.41) is 0. The summed E-state index contributed by atoms with van der Waals surface area (Å²) in [6.07, 6.45) is 2.41. The fraction of sp³-hybridized carbons (Fsp3) is 1.00. The zero-order valence-corrected chi connectivity index (χ0v) is 10.2. The van der Waals surface area contributed by atoms with E-state index in [1.165, 1.54) is 12.8 Å². The van der Waals surface area contributed by atoms with E-state index < -0.39 is 7.64 Å². The van der Waals surface area contributed by atoms with E-state index >= 15 is 0 Å². The van der Waals surface area contributed by atoms with Gasteiger partial charge in [0.25, 0.3) is 0 Å². The first kappa shape index (κ1) is 12.3. The SMILES string of the molecule is CCCCO[PH](C)(C)N(C)CC. The molecule has 0 aromatic carbocycles. The quantitative estimate of drug-likeness (QED) is 0.475. The molecule has 0 bridgehead atoms. The first-order chi connectivity index (χ1) is 5.54. The molecule has 0 aliphatic heterocycles. The zero-order valence-electron chi connectivity index (χ0n) is 9.18. The second-order valence-corrected chi connectivity index (χ2v) is 7.61. The molecule has 0 unspecified atom stereocenters. The summed E-state index contributed by atoms with van der Waals surface area (Å²) >= 11 is 0. The maximum absolute atomic E-state index is 5.89. The number of unbranched alkanes of at least 4 members (excludes halogenated alkanes) is 1. The molecule has 3 heteroatoms. The normalized spacial score (nSPS) is 13.8. The summed E-state index contributed by atoms with van der Waals surface area (Å²) in [5.74, 6) is 0. The van der Waals surface area contributed by atoms with Gasteiger partial charge in [-0.25, -0.2) is 0 Å². The molecule has 2 nitrogen and oxygen atoms in total. The van der Waals surface area contributed by atoms with Crippen LogP contribution in [0, 0.1) is 0 Å². The molecule has 0 rings (SSSR count). The molecule has 0 spiro atoms. The molecular weight excluding hydrogens is 169 g/mol. The van der Waals surface area contributed by atoms with Gasteiger partial charge in [-0.3, -0.25) is 0 Å². The van der Waals surface area contributed by atoms with Crippen LogP contribution in [0.3, 0.4) is 0 Å². The Labute approximate surface area is 77.8 Å². The molecule has 0 radical (unpaired) electrons. The van der Waals surface area contributed by atoms with Gasteiger partial charge in [0.05, 0.1) is 0 Å². The van der Waals surface area contributed by atoms with E-state index in [0.29, 0.717) is 0 Å². The van der Waals surface area contributed by atoms with Crippen molar-refractivity contribution in [2.75, 3.05) is 33.5 Å². The maximum atomic E-state index is 5.89. The van der Waals surface area contributed by atoms with Crippen molar-refractivity contribution >= 4 is 7.64 Å². The first-order valence-corrected chi connectivity index (χ1v) is 7.75. The fourth-order valence-corrected chi connectivity index (χ4v) is 2.58. The molecule has 0 aromatic rings. The van der Waals surface area contributed by atoms with E-state index in [1.54, 1.807) is 0 Å². The van der Waals surface area contributed by atoms with Crippen molar-refractivity contribution in [1.82, 2.24) is 4.67 Å². The summed E-state index contributed by atoms with van der Waals surface area (Å²) in [4.78, 5) is 0. The Morgan fingerprint density at radius 3 is 2.25 bits per heavy atom. The Morgan fingerprint density at radius 1 is 1.25 bits per heavy atom. The van der Waals surface area contributed by atoms with Crippen LogP contribution in [0.2, 0.25) is 0 Å². The first-order valence-electron chi connectivity index (χ1n) is 4.89. The van der Waals surface area contributed by atoms with Crippen molar-refractivity contribution in [3.63, 3.8) is 0 Å². The van der Waals surface area contributed by atoms with Crippen molar-refractivity contribution in [3.05, 3.63) is 0 Å². The van der Waals surface area contributed by atoms with Crippen LogP contribution < -0.4 is 0 Å². The third-order valence-electron chi connectivity index (χ3n) is 2.35. The average Bonchev–Trinajstić information content (AvgIpc) is 2.03. The van der Waals surface area contributed by atoms with Gasteiger partial charge in [0.15, 0.2) is 0 Å². The Hall–Kier alpha value is 0.350. The number of hydrogen-bond acceptors (Lipinski definition) is 2. The minimum atomic E-state index is -1.51. The molecule has 0 N–H and O–H groups in total. The number of nitrogens with zero attached hydrogens (tertiary/aromatic N) is 1. The van der Waals surface area contributed by atoms with Gasteiger partial charge in [-0.05, 0) is 0 Å². The predicted molar refractivity (Wildman–Crippen MR) is 59.3 cm³/mol. The summed E-state index contributed by atoms with van der Waals surface area (Å²) in [5.41, 5.74) is 0. The Balaban J connectivity index is 3.70. The average molecular weight is 193 g/mol. The summed E-state index contributed by atoms with van der Waals surface area (Å²) < 4.78 is 8.24. The van der Waals surface area contributed by atoms with E-state index in [0.717, 1.165) is 13.2 Å². The van der Waals surface area contributed by atoms with Crippen LogP contribution in [-0.2, 0) is 4.52 Å². The Kier molecular flexibility index (Phi) is 6.08. The van der Waals surface area contributed by atoms with Gasteiger partial charge in [0.1, 0.15) is 0 Å². The van der Waals surface area contributed by atoms with Crippen LogP contribution >= 0.6 is 7.64 Å². The molecule has 0 amide bonds. The van der Waals surface area contributed by atoms with Crippen LogP contribution in [0.15, 0.2) is 0 Å². The van der Waals surface area contributed by atoms with Crippen molar-refractivity contribution in [2.45, 2.75) is 26.7 Å². The summed E-state index contributed by atoms with van der Waals surface area (Å²) in [7, 11) is 0.640. The molecule has 76 valence electrons. The van der Waals surface area contributed by atoms with Crippen molar-refractivity contribution in [3.8, 4) is 0 Å². The molecule has 0 aromatic heterocycles. The fourth-order valence-electron chi connectivity index (χ4n) is 0.957. The monoisotopic (exact) mass is 193 g/mol. The molecule has 0 saturated carbocycles. The van der Waals surface area contributed by atoms with E-state index in [4.69, 9.17) is 4.52 Å². The standard InChI is InChI=1S/C9H24NOP/c1-6-8-9-11-12(4,5)10(3)7-2/h12H,6-9H2,1-5H3. The van der Waals surface area contributed by atoms with Gasteiger partial charge < -0.3 is 0 Å². The zero-order chi connectivity index (χ0) is 9.61. The summed E-state index contributed by atoms with van der Waals surface area (Å²) in [6.45, 7) is 10.9.